The van der Waals surface area contributed by atoms with Gasteiger partial charge in [0.05, 0.1) is 11.4 Å². The number of benzene rings is 1. The summed E-state index contributed by atoms with van der Waals surface area (Å²) in [6, 6.07) is 7.26. The maximum atomic E-state index is 12.7. The molecule has 2 amide bonds. The van der Waals surface area contributed by atoms with Gasteiger partial charge in [-0.3, -0.25) is 19.2 Å². The molecule has 1 fully saturated rings. The number of aromatic nitrogens is 2. The average Bonchev–Trinajstić information content (AvgIpc) is 2.97. The van der Waals surface area contributed by atoms with Crippen LogP contribution in [0.5, 0.6) is 0 Å². The van der Waals surface area contributed by atoms with E-state index >= 15 is 0 Å². The number of carbonyl (C=O) groups excluding carboxylic acids is 2. The van der Waals surface area contributed by atoms with Crippen LogP contribution in [0.3, 0.4) is 0 Å². The predicted octanol–water partition coefficient (Wildman–Crippen LogP) is 1.34. The molecule has 1 aromatic heterocycles. The van der Waals surface area contributed by atoms with Crippen LogP contribution in [0.4, 0.5) is 5.69 Å². The Hall–Kier alpha value is -3.20. The summed E-state index contributed by atoms with van der Waals surface area (Å²) in [7, 11) is 1.63. The fraction of sp³-hybridized carbons (Fsp3) is 0.400. The Bertz CT molecular complexity index is 944. The molecule has 1 aromatic carbocycles. The first-order valence-electron chi connectivity index (χ1n) is 9.41. The predicted molar refractivity (Wildman–Crippen MR) is 107 cm³/mol. The lowest BCUT2D eigenvalue weighted by Gasteiger charge is -2.34. The normalized spacial score (nSPS) is 14.7. The van der Waals surface area contributed by atoms with Gasteiger partial charge in [-0.2, -0.15) is 5.10 Å². The van der Waals surface area contributed by atoms with Gasteiger partial charge in [0.15, 0.2) is 5.69 Å². The van der Waals surface area contributed by atoms with Crippen LogP contribution in [0, 0.1) is 6.92 Å². The zero-order valence-electron chi connectivity index (χ0n) is 16.8. The van der Waals surface area contributed by atoms with E-state index in [4.69, 9.17) is 0 Å². The molecular weight excluding hydrogens is 374 g/mol. The van der Waals surface area contributed by atoms with Gasteiger partial charge in [0.25, 0.3) is 5.91 Å². The lowest BCUT2D eigenvalue weighted by molar-refractivity contribution is -0.130. The number of hydrogen-bond acceptors (Lipinski definition) is 5. The molecule has 9 heteroatoms. The van der Waals surface area contributed by atoms with Crippen molar-refractivity contribution in [1.29, 1.82) is 0 Å². The Balaban J connectivity index is 1.69. The molecule has 1 aliphatic rings. The van der Waals surface area contributed by atoms with Crippen molar-refractivity contribution < 1.29 is 19.5 Å². The molecule has 3 rings (SSSR count). The first kappa shape index (κ1) is 20.5. The summed E-state index contributed by atoms with van der Waals surface area (Å²) < 4.78 is 1.43. The smallest absolute Gasteiger partial charge is 0.358 e. The van der Waals surface area contributed by atoms with Crippen molar-refractivity contribution in [3.8, 4) is 0 Å². The highest BCUT2D eigenvalue weighted by atomic mass is 16.4. The van der Waals surface area contributed by atoms with E-state index in [2.05, 4.69) is 15.3 Å². The number of piperazine rings is 1. The molecule has 0 spiro atoms. The van der Waals surface area contributed by atoms with Crippen molar-refractivity contribution in [1.82, 2.24) is 19.6 Å². The van der Waals surface area contributed by atoms with Crippen molar-refractivity contribution in [2.24, 2.45) is 7.05 Å². The molecule has 2 aromatic rings. The highest BCUT2D eigenvalue weighted by Crippen LogP contribution is 2.21. The molecule has 1 aliphatic heterocycles. The second kappa shape index (κ2) is 8.44. The summed E-state index contributed by atoms with van der Waals surface area (Å²) in [5.74, 6) is -1.48. The van der Waals surface area contributed by atoms with Crippen molar-refractivity contribution in [3.05, 3.63) is 46.8 Å². The van der Waals surface area contributed by atoms with Gasteiger partial charge >= 0.3 is 5.97 Å². The lowest BCUT2D eigenvalue weighted by Crippen LogP contribution is -2.47. The number of amides is 2. The summed E-state index contributed by atoms with van der Waals surface area (Å²) in [6.07, 6.45) is 0. The molecule has 2 N–H and O–H groups in total. The van der Waals surface area contributed by atoms with E-state index in [9.17, 15) is 19.5 Å². The maximum absolute atomic E-state index is 12.7. The minimum absolute atomic E-state index is 0.0924. The SMILES string of the molecule is CC(=O)N1CCN(Cc2cccc(C(=O)Nc3c(C(=O)O)nn(C)c3C)c2)CC1. The monoisotopic (exact) mass is 399 g/mol. The summed E-state index contributed by atoms with van der Waals surface area (Å²) in [5, 5.41) is 15.9. The van der Waals surface area contributed by atoms with Gasteiger partial charge in [-0.15, -0.1) is 0 Å². The molecule has 0 unspecified atom stereocenters. The van der Waals surface area contributed by atoms with E-state index < -0.39 is 5.97 Å². The molecule has 0 aliphatic carbocycles. The van der Waals surface area contributed by atoms with E-state index in [0.717, 1.165) is 18.7 Å². The maximum Gasteiger partial charge on any atom is 0.358 e. The number of nitrogens with one attached hydrogen (secondary N) is 1. The van der Waals surface area contributed by atoms with Gasteiger partial charge in [-0.05, 0) is 24.6 Å². The molecule has 154 valence electrons. The number of carbonyl (C=O) groups is 3. The zero-order valence-corrected chi connectivity index (χ0v) is 16.8. The molecule has 9 nitrogen and oxygen atoms in total. The number of anilines is 1. The van der Waals surface area contributed by atoms with Crippen LogP contribution < -0.4 is 5.32 Å². The van der Waals surface area contributed by atoms with E-state index in [-0.39, 0.29) is 23.2 Å². The third-order valence-electron chi connectivity index (χ3n) is 5.19. The van der Waals surface area contributed by atoms with Crippen molar-refractivity contribution >= 4 is 23.5 Å². The number of hydrogen-bond donors (Lipinski definition) is 2. The number of rotatable bonds is 5. The topological polar surface area (TPSA) is 108 Å². The van der Waals surface area contributed by atoms with Crippen LogP contribution in [-0.4, -0.2) is 68.6 Å². The number of aromatic carboxylic acids is 1. The van der Waals surface area contributed by atoms with E-state index in [1.165, 1.54) is 4.68 Å². The van der Waals surface area contributed by atoms with Crippen molar-refractivity contribution in [2.45, 2.75) is 20.4 Å². The summed E-state index contributed by atoms with van der Waals surface area (Å²) in [6.45, 7) is 6.93. The van der Waals surface area contributed by atoms with Crippen LogP contribution in [0.25, 0.3) is 0 Å². The highest BCUT2D eigenvalue weighted by molar-refractivity contribution is 6.07. The fourth-order valence-electron chi connectivity index (χ4n) is 3.38. The third-order valence-corrected chi connectivity index (χ3v) is 5.19. The molecule has 1 saturated heterocycles. The molecule has 0 radical (unpaired) electrons. The second-order valence-electron chi connectivity index (χ2n) is 7.17. The largest absolute Gasteiger partial charge is 0.476 e. The minimum atomic E-state index is -1.19. The van der Waals surface area contributed by atoms with Crippen LogP contribution in [0.15, 0.2) is 24.3 Å². The van der Waals surface area contributed by atoms with Crippen molar-refractivity contribution in [2.75, 3.05) is 31.5 Å². The quantitative estimate of drug-likeness (QED) is 0.786. The van der Waals surface area contributed by atoms with Gasteiger partial charge in [0.1, 0.15) is 0 Å². The van der Waals surface area contributed by atoms with Crippen LogP contribution in [0.2, 0.25) is 0 Å². The first-order chi connectivity index (χ1) is 13.8. The Morgan fingerprint density at radius 2 is 1.86 bits per heavy atom. The number of carboxylic acid groups (broad SMARTS) is 1. The number of aryl methyl sites for hydroxylation is 1. The summed E-state index contributed by atoms with van der Waals surface area (Å²) >= 11 is 0. The lowest BCUT2D eigenvalue weighted by atomic mass is 10.1. The van der Waals surface area contributed by atoms with Crippen LogP contribution in [-0.2, 0) is 18.4 Å². The Morgan fingerprint density at radius 1 is 1.17 bits per heavy atom. The molecule has 2 heterocycles. The van der Waals surface area contributed by atoms with Gasteiger partial charge in [0, 0.05) is 52.3 Å². The minimum Gasteiger partial charge on any atom is -0.476 e. The standard InChI is InChI=1S/C20H25N5O4/c1-13-17(18(20(28)29)22-23(13)3)21-19(27)16-6-4-5-15(11-16)12-24-7-9-25(10-8-24)14(2)26/h4-6,11H,7-10,12H2,1-3H3,(H,21,27)(H,28,29). The van der Waals surface area contributed by atoms with E-state index in [1.54, 1.807) is 33.0 Å². The first-order valence-corrected chi connectivity index (χ1v) is 9.41. The van der Waals surface area contributed by atoms with Crippen molar-refractivity contribution in [3.63, 3.8) is 0 Å². The molecule has 0 atom stereocenters. The van der Waals surface area contributed by atoms with E-state index in [0.29, 0.717) is 30.9 Å². The van der Waals surface area contributed by atoms with E-state index in [1.807, 2.05) is 17.0 Å². The van der Waals surface area contributed by atoms with Gasteiger partial charge in [-0.25, -0.2) is 4.79 Å². The zero-order chi connectivity index (χ0) is 21.1. The number of nitrogens with zero attached hydrogens (tertiary/aromatic N) is 4. The molecule has 29 heavy (non-hydrogen) atoms. The molecule has 0 bridgehead atoms. The second-order valence-corrected chi connectivity index (χ2v) is 7.17. The van der Waals surface area contributed by atoms with Gasteiger partial charge in [-0.1, -0.05) is 12.1 Å². The van der Waals surface area contributed by atoms with Gasteiger partial charge < -0.3 is 15.3 Å². The summed E-state index contributed by atoms with van der Waals surface area (Å²) in [5.41, 5.74) is 2.02. The molecule has 0 saturated carbocycles. The molecular formula is C20H25N5O4. The Morgan fingerprint density at radius 3 is 2.48 bits per heavy atom. The highest BCUT2D eigenvalue weighted by Gasteiger charge is 2.22. The van der Waals surface area contributed by atoms with Crippen LogP contribution >= 0.6 is 0 Å². The Labute approximate surface area is 168 Å². The Kier molecular flexibility index (Phi) is 5.97. The average molecular weight is 399 g/mol. The van der Waals surface area contributed by atoms with Gasteiger partial charge in [0.2, 0.25) is 5.91 Å². The number of carboxylic acids is 1. The summed E-state index contributed by atoms with van der Waals surface area (Å²) in [4.78, 5) is 39.6. The van der Waals surface area contributed by atoms with Crippen LogP contribution in [0.1, 0.15) is 39.0 Å². The third kappa shape index (κ3) is 4.62. The fourth-order valence-corrected chi connectivity index (χ4v) is 3.38.